The molecule has 0 fully saturated rings. The van der Waals surface area contributed by atoms with Gasteiger partial charge in [-0.3, -0.25) is 0 Å². The zero-order valence-corrected chi connectivity index (χ0v) is 13.2. The standard InChI is InChI=1S/C16H17NOS2/c1-11(2)19-14-8-6-12(7-9-14)15-5-3-4-13-10-17-20-18-16(13)15/h3-9,11,17H,10H2,1-2H3. The van der Waals surface area contributed by atoms with E-state index in [1.165, 1.54) is 28.3 Å². The number of hydrogen-bond acceptors (Lipinski definition) is 4. The summed E-state index contributed by atoms with van der Waals surface area (Å²) in [5, 5.41) is 0.608. The van der Waals surface area contributed by atoms with Gasteiger partial charge >= 0.3 is 0 Å². The van der Waals surface area contributed by atoms with Gasteiger partial charge in [-0.2, -0.15) is 0 Å². The van der Waals surface area contributed by atoms with E-state index in [-0.39, 0.29) is 0 Å². The van der Waals surface area contributed by atoms with Crippen LogP contribution in [0.25, 0.3) is 11.1 Å². The minimum Gasteiger partial charge on any atom is -0.409 e. The Morgan fingerprint density at radius 1 is 1.15 bits per heavy atom. The Morgan fingerprint density at radius 3 is 2.70 bits per heavy atom. The Labute approximate surface area is 128 Å². The monoisotopic (exact) mass is 303 g/mol. The molecule has 0 spiro atoms. The predicted octanol–water partition coefficient (Wildman–Crippen LogP) is 4.90. The van der Waals surface area contributed by atoms with Crippen molar-refractivity contribution in [1.29, 1.82) is 0 Å². The van der Waals surface area contributed by atoms with Gasteiger partial charge in [-0.15, -0.1) is 11.8 Å². The van der Waals surface area contributed by atoms with E-state index in [0.29, 0.717) is 5.25 Å². The van der Waals surface area contributed by atoms with Gasteiger partial charge in [0.2, 0.25) is 0 Å². The van der Waals surface area contributed by atoms with Crippen LogP contribution in [0.5, 0.6) is 5.75 Å². The van der Waals surface area contributed by atoms with Crippen molar-refractivity contribution in [2.24, 2.45) is 0 Å². The Kier molecular flexibility index (Phi) is 4.24. The van der Waals surface area contributed by atoms with Crippen molar-refractivity contribution in [1.82, 2.24) is 4.72 Å². The molecule has 0 aromatic heterocycles. The summed E-state index contributed by atoms with van der Waals surface area (Å²) in [5.41, 5.74) is 3.58. The van der Waals surface area contributed by atoms with E-state index in [4.69, 9.17) is 4.18 Å². The molecule has 2 aromatic carbocycles. The minimum absolute atomic E-state index is 0.608. The van der Waals surface area contributed by atoms with Gasteiger partial charge in [0.15, 0.2) is 5.75 Å². The Balaban J connectivity index is 1.93. The molecule has 0 saturated carbocycles. The second-order valence-corrected chi connectivity index (χ2v) is 7.24. The third-order valence-electron chi connectivity index (χ3n) is 3.08. The average molecular weight is 303 g/mol. The number of rotatable bonds is 3. The zero-order valence-electron chi connectivity index (χ0n) is 11.6. The maximum Gasteiger partial charge on any atom is 0.151 e. The van der Waals surface area contributed by atoms with E-state index in [2.05, 4.69) is 61.0 Å². The highest BCUT2D eigenvalue weighted by molar-refractivity contribution is 7.99. The van der Waals surface area contributed by atoms with Crippen molar-refractivity contribution in [3.63, 3.8) is 0 Å². The molecule has 0 aliphatic carbocycles. The molecule has 0 atom stereocenters. The first kappa shape index (κ1) is 13.9. The predicted molar refractivity (Wildman–Crippen MR) is 87.9 cm³/mol. The molecule has 2 nitrogen and oxygen atoms in total. The molecule has 0 amide bonds. The van der Waals surface area contributed by atoms with E-state index in [9.17, 15) is 0 Å². The van der Waals surface area contributed by atoms with Gasteiger partial charge in [-0.1, -0.05) is 44.2 Å². The summed E-state index contributed by atoms with van der Waals surface area (Å²) in [6, 6.07) is 15.0. The van der Waals surface area contributed by atoms with Gasteiger partial charge in [0.25, 0.3) is 0 Å². The highest BCUT2D eigenvalue weighted by Crippen LogP contribution is 2.38. The SMILES string of the molecule is CC(C)Sc1ccc(-c2cccc3c2OSNC3)cc1. The molecule has 4 heteroatoms. The van der Waals surface area contributed by atoms with Crippen LogP contribution in [0.3, 0.4) is 0 Å². The second kappa shape index (κ2) is 6.12. The van der Waals surface area contributed by atoms with Crippen LogP contribution in [0.2, 0.25) is 0 Å². The largest absolute Gasteiger partial charge is 0.409 e. The van der Waals surface area contributed by atoms with Crippen LogP contribution in [-0.2, 0) is 6.54 Å². The second-order valence-electron chi connectivity index (χ2n) is 4.97. The van der Waals surface area contributed by atoms with Gasteiger partial charge < -0.3 is 4.18 Å². The molecular weight excluding hydrogens is 286 g/mol. The third-order valence-corrected chi connectivity index (χ3v) is 4.61. The van der Waals surface area contributed by atoms with Crippen LogP contribution in [0.15, 0.2) is 47.4 Å². The molecule has 0 bridgehead atoms. The van der Waals surface area contributed by atoms with Crippen LogP contribution in [0, 0.1) is 0 Å². The van der Waals surface area contributed by atoms with Crippen LogP contribution in [-0.4, -0.2) is 5.25 Å². The number of para-hydroxylation sites is 1. The Bertz CT molecular complexity index is 596. The molecular formula is C16H17NOS2. The summed E-state index contributed by atoms with van der Waals surface area (Å²) in [6.07, 6.45) is 0. The quantitative estimate of drug-likeness (QED) is 0.494. The van der Waals surface area contributed by atoms with E-state index < -0.39 is 0 Å². The third kappa shape index (κ3) is 2.97. The highest BCUT2D eigenvalue weighted by Gasteiger charge is 2.16. The van der Waals surface area contributed by atoms with Crippen molar-refractivity contribution in [2.75, 3.05) is 0 Å². The van der Waals surface area contributed by atoms with Crippen molar-refractivity contribution >= 4 is 24.0 Å². The first-order valence-corrected chi connectivity index (χ1v) is 8.31. The van der Waals surface area contributed by atoms with E-state index in [1.54, 1.807) is 0 Å². The molecule has 2 aromatic rings. The smallest absolute Gasteiger partial charge is 0.151 e. The van der Waals surface area contributed by atoms with Crippen molar-refractivity contribution in [2.45, 2.75) is 30.5 Å². The molecule has 104 valence electrons. The summed E-state index contributed by atoms with van der Waals surface area (Å²) in [5.74, 6) is 0.987. The first-order valence-electron chi connectivity index (χ1n) is 6.69. The number of nitrogens with one attached hydrogen (secondary N) is 1. The number of fused-ring (bicyclic) bond motifs is 1. The Hall–Kier alpha value is -1.10. The zero-order chi connectivity index (χ0) is 13.9. The fourth-order valence-electron chi connectivity index (χ4n) is 2.21. The summed E-state index contributed by atoms with van der Waals surface area (Å²) in [7, 11) is 0. The van der Waals surface area contributed by atoms with Crippen molar-refractivity contribution in [3.05, 3.63) is 48.0 Å². The summed E-state index contributed by atoms with van der Waals surface area (Å²) in [6.45, 7) is 5.27. The van der Waals surface area contributed by atoms with Gasteiger partial charge in [0.05, 0.1) is 0 Å². The Morgan fingerprint density at radius 2 is 1.95 bits per heavy atom. The molecule has 1 heterocycles. The number of hydrogen-bond donors (Lipinski definition) is 1. The van der Waals surface area contributed by atoms with Gasteiger partial charge in [0, 0.05) is 27.8 Å². The lowest BCUT2D eigenvalue weighted by atomic mass is 10.0. The maximum atomic E-state index is 5.70. The lowest BCUT2D eigenvalue weighted by molar-refractivity contribution is 0.602. The van der Waals surface area contributed by atoms with E-state index in [0.717, 1.165) is 17.9 Å². The summed E-state index contributed by atoms with van der Waals surface area (Å²) >= 11 is 3.19. The normalized spacial score (nSPS) is 13.9. The molecule has 3 rings (SSSR count). The van der Waals surface area contributed by atoms with Gasteiger partial charge in [-0.05, 0) is 17.7 Å². The molecule has 1 aliphatic heterocycles. The molecule has 0 unspecified atom stereocenters. The van der Waals surface area contributed by atoms with E-state index >= 15 is 0 Å². The lowest BCUT2D eigenvalue weighted by Gasteiger charge is -2.19. The van der Waals surface area contributed by atoms with Gasteiger partial charge in [0.1, 0.15) is 12.2 Å². The molecule has 1 aliphatic rings. The average Bonchev–Trinajstić information content (AvgIpc) is 2.47. The summed E-state index contributed by atoms with van der Waals surface area (Å²) < 4.78 is 8.85. The number of benzene rings is 2. The first-order chi connectivity index (χ1) is 9.74. The highest BCUT2D eigenvalue weighted by atomic mass is 32.2. The van der Waals surface area contributed by atoms with Crippen LogP contribution < -0.4 is 8.91 Å². The van der Waals surface area contributed by atoms with Gasteiger partial charge in [-0.25, -0.2) is 4.72 Å². The molecule has 1 N–H and O–H groups in total. The van der Waals surface area contributed by atoms with Crippen molar-refractivity contribution in [3.8, 4) is 16.9 Å². The topological polar surface area (TPSA) is 21.3 Å². The van der Waals surface area contributed by atoms with Crippen LogP contribution >= 0.6 is 24.0 Å². The molecule has 20 heavy (non-hydrogen) atoms. The maximum absolute atomic E-state index is 5.70. The molecule has 0 saturated heterocycles. The molecule has 0 radical (unpaired) electrons. The minimum atomic E-state index is 0.608. The fraction of sp³-hybridized carbons (Fsp3) is 0.250. The van der Waals surface area contributed by atoms with Crippen LogP contribution in [0.1, 0.15) is 19.4 Å². The fourth-order valence-corrected chi connectivity index (χ4v) is 3.60. The van der Waals surface area contributed by atoms with Crippen LogP contribution in [0.4, 0.5) is 0 Å². The van der Waals surface area contributed by atoms with Crippen molar-refractivity contribution < 1.29 is 4.18 Å². The summed E-state index contributed by atoms with van der Waals surface area (Å²) in [4.78, 5) is 1.31. The van der Waals surface area contributed by atoms with E-state index in [1.807, 2.05) is 11.8 Å². The lowest BCUT2D eigenvalue weighted by Crippen LogP contribution is -2.12. The number of thioether (sulfide) groups is 1.